The van der Waals surface area contributed by atoms with Crippen LogP contribution in [0.4, 0.5) is 11.5 Å². The van der Waals surface area contributed by atoms with Gasteiger partial charge in [-0.1, -0.05) is 24.3 Å². The largest absolute Gasteiger partial charge is 0.324 e. The molecule has 4 rings (SSSR count). The number of hydrogen-bond acceptors (Lipinski definition) is 4. The van der Waals surface area contributed by atoms with Gasteiger partial charge in [-0.2, -0.15) is 0 Å². The molecule has 3 N–H and O–H groups in total. The Morgan fingerprint density at radius 3 is 2.68 bits per heavy atom. The number of aromatic nitrogens is 1. The summed E-state index contributed by atoms with van der Waals surface area (Å²) in [7, 11) is 0. The molecular formula is C19H20N4O2. The van der Waals surface area contributed by atoms with Crippen molar-refractivity contribution in [1.29, 1.82) is 0 Å². The zero-order chi connectivity index (χ0) is 17.4. The van der Waals surface area contributed by atoms with Crippen LogP contribution >= 0.6 is 0 Å². The first-order valence-electron chi connectivity index (χ1n) is 8.55. The smallest absolute Gasteiger partial charge is 0.233 e. The highest BCUT2D eigenvalue weighted by Crippen LogP contribution is 2.39. The maximum Gasteiger partial charge on any atom is 0.233 e. The lowest BCUT2D eigenvalue weighted by Crippen LogP contribution is -2.24. The second kappa shape index (κ2) is 6.29. The number of pyridine rings is 1. The van der Waals surface area contributed by atoms with Gasteiger partial charge >= 0.3 is 0 Å². The minimum atomic E-state index is -0.257. The van der Waals surface area contributed by atoms with E-state index in [1.165, 1.54) is 0 Å². The van der Waals surface area contributed by atoms with Gasteiger partial charge in [0.1, 0.15) is 5.82 Å². The van der Waals surface area contributed by atoms with Crippen molar-refractivity contribution in [1.82, 2.24) is 4.98 Å². The van der Waals surface area contributed by atoms with Gasteiger partial charge in [-0.25, -0.2) is 4.98 Å². The standard InChI is InChI=1S/C19H20N4O2/c20-16-10-15(13-4-1-2-5-14(13)16)19(25)22-17-8-7-12(11-21-17)23-9-3-6-18(23)24/h1-2,4-5,7-8,11,15-16H,3,6,9-10,20H2,(H,21,22,25). The molecule has 2 heterocycles. The molecule has 25 heavy (non-hydrogen) atoms. The topological polar surface area (TPSA) is 88.3 Å². The van der Waals surface area contributed by atoms with E-state index in [1.54, 1.807) is 17.2 Å². The summed E-state index contributed by atoms with van der Waals surface area (Å²) in [5.41, 5.74) is 8.94. The van der Waals surface area contributed by atoms with E-state index < -0.39 is 0 Å². The zero-order valence-electron chi connectivity index (χ0n) is 13.8. The first-order chi connectivity index (χ1) is 12.1. The Morgan fingerprint density at radius 2 is 2.00 bits per heavy atom. The summed E-state index contributed by atoms with van der Waals surface area (Å²) in [6.45, 7) is 0.725. The highest BCUT2D eigenvalue weighted by molar-refractivity contribution is 5.97. The number of rotatable bonds is 3. The Labute approximate surface area is 146 Å². The molecule has 0 radical (unpaired) electrons. The van der Waals surface area contributed by atoms with Gasteiger partial charge in [-0.15, -0.1) is 0 Å². The fourth-order valence-electron chi connectivity index (χ4n) is 3.68. The van der Waals surface area contributed by atoms with Gasteiger partial charge in [0.15, 0.2) is 0 Å². The van der Waals surface area contributed by atoms with E-state index in [4.69, 9.17) is 5.73 Å². The molecule has 6 heteroatoms. The first kappa shape index (κ1) is 15.8. The fourth-order valence-corrected chi connectivity index (χ4v) is 3.68. The van der Waals surface area contributed by atoms with E-state index in [2.05, 4.69) is 10.3 Å². The highest BCUT2D eigenvalue weighted by atomic mass is 16.2. The summed E-state index contributed by atoms with van der Waals surface area (Å²) in [6, 6.07) is 11.3. The number of hydrogen-bond donors (Lipinski definition) is 2. The van der Waals surface area contributed by atoms with Gasteiger partial charge in [-0.05, 0) is 36.1 Å². The molecule has 0 bridgehead atoms. The minimum absolute atomic E-state index is 0.0992. The van der Waals surface area contributed by atoms with Gasteiger partial charge in [0.2, 0.25) is 11.8 Å². The van der Waals surface area contributed by atoms with Crippen LogP contribution in [0.2, 0.25) is 0 Å². The monoisotopic (exact) mass is 336 g/mol. The van der Waals surface area contributed by atoms with Crippen molar-refractivity contribution in [3.05, 3.63) is 53.7 Å². The van der Waals surface area contributed by atoms with Gasteiger partial charge in [-0.3, -0.25) is 9.59 Å². The highest BCUT2D eigenvalue weighted by Gasteiger charge is 2.33. The van der Waals surface area contributed by atoms with Gasteiger partial charge in [0.25, 0.3) is 0 Å². The molecule has 0 saturated carbocycles. The number of amides is 2. The van der Waals surface area contributed by atoms with Crippen molar-refractivity contribution in [3.8, 4) is 0 Å². The third-order valence-corrected chi connectivity index (χ3v) is 4.96. The number of benzene rings is 1. The minimum Gasteiger partial charge on any atom is -0.324 e. The molecular weight excluding hydrogens is 316 g/mol. The average molecular weight is 336 g/mol. The summed E-state index contributed by atoms with van der Waals surface area (Å²) < 4.78 is 0. The van der Waals surface area contributed by atoms with Crippen LogP contribution in [-0.4, -0.2) is 23.3 Å². The van der Waals surface area contributed by atoms with Crippen LogP contribution in [0, 0.1) is 0 Å². The van der Waals surface area contributed by atoms with Crippen molar-refractivity contribution in [2.24, 2.45) is 5.73 Å². The molecule has 2 aromatic rings. The van der Waals surface area contributed by atoms with Crippen LogP contribution in [-0.2, 0) is 9.59 Å². The Hall–Kier alpha value is -2.73. The summed E-state index contributed by atoms with van der Waals surface area (Å²) >= 11 is 0. The predicted octanol–water partition coefficient (Wildman–Crippen LogP) is 2.33. The number of carbonyl (C=O) groups excluding carboxylic acids is 2. The molecule has 0 spiro atoms. The second-order valence-corrected chi connectivity index (χ2v) is 6.56. The molecule has 6 nitrogen and oxygen atoms in total. The lowest BCUT2D eigenvalue weighted by Gasteiger charge is -2.16. The van der Waals surface area contributed by atoms with Crippen LogP contribution in [0.5, 0.6) is 0 Å². The van der Waals surface area contributed by atoms with Crippen molar-refractivity contribution in [3.63, 3.8) is 0 Å². The van der Waals surface area contributed by atoms with Crippen molar-refractivity contribution >= 4 is 23.3 Å². The SMILES string of the molecule is NC1CC(C(=O)Nc2ccc(N3CCCC3=O)cn2)c2ccccc21. The quantitative estimate of drug-likeness (QED) is 0.900. The Balaban J connectivity index is 1.47. The molecule has 1 fully saturated rings. The molecule has 128 valence electrons. The molecule has 1 aliphatic carbocycles. The number of nitrogens with one attached hydrogen (secondary N) is 1. The number of nitrogens with zero attached hydrogens (tertiary/aromatic N) is 2. The third kappa shape index (κ3) is 2.89. The van der Waals surface area contributed by atoms with Crippen molar-refractivity contribution in [2.45, 2.75) is 31.2 Å². The zero-order valence-corrected chi connectivity index (χ0v) is 13.8. The Morgan fingerprint density at radius 1 is 1.20 bits per heavy atom. The lowest BCUT2D eigenvalue weighted by atomic mass is 10.0. The Kier molecular flexibility index (Phi) is 3.97. The summed E-state index contributed by atoms with van der Waals surface area (Å²) in [5, 5.41) is 2.87. The van der Waals surface area contributed by atoms with Crippen molar-refractivity contribution in [2.75, 3.05) is 16.8 Å². The Bertz CT molecular complexity index is 818. The van der Waals surface area contributed by atoms with E-state index in [1.807, 2.05) is 30.3 Å². The van der Waals surface area contributed by atoms with Crippen LogP contribution in [0.1, 0.15) is 42.3 Å². The molecule has 1 aromatic carbocycles. The summed E-state index contributed by atoms with van der Waals surface area (Å²) in [4.78, 5) is 30.4. The summed E-state index contributed by atoms with van der Waals surface area (Å²) in [5.74, 6) is 0.249. The second-order valence-electron chi connectivity index (χ2n) is 6.56. The third-order valence-electron chi connectivity index (χ3n) is 4.96. The molecule has 2 atom stereocenters. The fraction of sp³-hybridized carbons (Fsp3) is 0.316. The number of anilines is 2. The first-order valence-corrected chi connectivity index (χ1v) is 8.55. The molecule has 1 saturated heterocycles. The van der Waals surface area contributed by atoms with Crippen LogP contribution in [0.25, 0.3) is 0 Å². The molecule has 2 amide bonds. The predicted molar refractivity (Wildman–Crippen MR) is 95.2 cm³/mol. The van der Waals surface area contributed by atoms with E-state index in [0.29, 0.717) is 18.7 Å². The van der Waals surface area contributed by atoms with Gasteiger partial charge in [0, 0.05) is 19.0 Å². The number of fused-ring (bicyclic) bond motifs is 1. The van der Waals surface area contributed by atoms with E-state index >= 15 is 0 Å². The normalized spacial score (nSPS) is 22.1. The number of carbonyl (C=O) groups is 2. The molecule has 2 unspecified atom stereocenters. The van der Waals surface area contributed by atoms with Crippen LogP contribution < -0.4 is 16.0 Å². The van der Waals surface area contributed by atoms with Crippen LogP contribution in [0.3, 0.4) is 0 Å². The maximum atomic E-state index is 12.6. The van der Waals surface area contributed by atoms with E-state index in [-0.39, 0.29) is 23.8 Å². The maximum absolute atomic E-state index is 12.6. The van der Waals surface area contributed by atoms with Gasteiger partial charge in [0.05, 0.1) is 17.8 Å². The van der Waals surface area contributed by atoms with E-state index in [0.717, 1.165) is 29.8 Å². The summed E-state index contributed by atoms with van der Waals surface area (Å²) in [6.07, 6.45) is 3.69. The van der Waals surface area contributed by atoms with Gasteiger partial charge < -0.3 is 16.0 Å². The van der Waals surface area contributed by atoms with E-state index in [9.17, 15) is 9.59 Å². The molecule has 1 aromatic heterocycles. The lowest BCUT2D eigenvalue weighted by molar-refractivity contribution is -0.118. The molecule has 2 aliphatic rings. The average Bonchev–Trinajstić information content (AvgIpc) is 3.20. The number of nitrogens with two attached hydrogens (primary N) is 1. The van der Waals surface area contributed by atoms with Crippen molar-refractivity contribution < 1.29 is 9.59 Å². The van der Waals surface area contributed by atoms with Crippen LogP contribution in [0.15, 0.2) is 42.6 Å². The molecule has 1 aliphatic heterocycles.